The van der Waals surface area contributed by atoms with E-state index in [0.717, 1.165) is 40.4 Å². The molecule has 158 valence electrons. The lowest BCUT2D eigenvalue weighted by molar-refractivity contribution is -0.117. The third-order valence-electron chi connectivity index (χ3n) is 5.55. The van der Waals surface area contributed by atoms with Crippen LogP contribution in [0.2, 0.25) is 0 Å². The topological polar surface area (TPSA) is 98.9 Å². The molecule has 0 saturated heterocycles. The number of fused-ring (bicyclic) bond motifs is 1. The third kappa shape index (κ3) is 4.21. The zero-order chi connectivity index (χ0) is 22.0. The maximum atomic E-state index is 12.3. The average Bonchev–Trinajstić information content (AvgIpc) is 3.21. The number of nitrogens with one attached hydrogen (secondary N) is 2. The number of hydrogen-bond donors (Lipinski definition) is 2. The van der Waals surface area contributed by atoms with Gasteiger partial charge in [0.05, 0.1) is 41.4 Å². The molecule has 31 heavy (non-hydrogen) atoms. The predicted molar refractivity (Wildman–Crippen MR) is 120 cm³/mol. The second kappa shape index (κ2) is 8.48. The van der Waals surface area contributed by atoms with Crippen LogP contribution in [0.1, 0.15) is 35.7 Å². The second-order valence-corrected chi connectivity index (χ2v) is 7.72. The van der Waals surface area contributed by atoms with Gasteiger partial charge in [0.2, 0.25) is 5.91 Å². The summed E-state index contributed by atoms with van der Waals surface area (Å²) in [5, 5.41) is 19.7. The van der Waals surface area contributed by atoms with E-state index in [1.165, 1.54) is 0 Å². The van der Waals surface area contributed by atoms with E-state index in [4.69, 9.17) is 5.26 Å². The molecule has 1 aliphatic rings. The van der Waals surface area contributed by atoms with Gasteiger partial charge in [-0.2, -0.15) is 10.4 Å². The number of pyridine rings is 1. The number of aromatic nitrogens is 3. The van der Waals surface area contributed by atoms with Crippen LogP contribution in [0.5, 0.6) is 0 Å². The summed E-state index contributed by atoms with van der Waals surface area (Å²) < 4.78 is 1.87. The van der Waals surface area contributed by atoms with Gasteiger partial charge in [-0.05, 0) is 31.0 Å². The summed E-state index contributed by atoms with van der Waals surface area (Å²) in [6.45, 7) is 5.14. The quantitative estimate of drug-likeness (QED) is 0.641. The lowest BCUT2D eigenvalue weighted by atomic mass is 10.1. The number of likely N-dealkylation sites (N-methyl/N-ethyl adjacent to an activating group) is 1. The number of carbonyl (C=O) groups excluding carboxylic acids is 1. The molecule has 2 N–H and O–H groups in total. The zero-order valence-electron chi connectivity index (χ0n) is 17.9. The average molecular weight is 416 g/mol. The van der Waals surface area contributed by atoms with Gasteiger partial charge in [0.1, 0.15) is 11.9 Å². The van der Waals surface area contributed by atoms with Gasteiger partial charge >= 0.3 is 0 Å². The fraction of sp³-hybridized carbons (Fsp3) is 0.304. The number of aryl methyl sites for hydroxylation is 1. The van der Waals surface area contributed by atoms with Crippen molar-refractivity contribution in [2.24, 2.45) is 0 Å². The van der Waals surface area contributed by atoms with Crippen LogP contribution in [-0.2, 0) is 17.9 Å². The molecule has 2 aromatic heterocycles. The van der Waals surface area contributed by atoms with E-state index in [1.54, 1.807) is 0 Å². The normalized spacial score (nSPS) is 15.2. The van der Waals surface area contributed by atoms with Gasteiger partial charge in [0.15, 0.2) is 0 Å². The van der Waals surface area contributed by atoms with Gasteiger partial charge in [-0.15, -0.1) is 0 Å². The van der Waals surface area contributed by atoms with E-state index >= 15 is 0 Å². The van der Waals surface area contributed by atoms with Crippen LogP contribution in [0.25, 0.3) is 0 Å². The van der Waals surface area contributed by atoms with Crippen LogP contribution in [-0.4, -0.2) is 33.8 Å². The van der Waals surface area contributed by atoms with Crippen LogP contribution in [0, 0.1) is 18.3 Å². The van der Waals surface area contributed by atoms with Crippen molar-refractivity contribution in [2.75, 3.05) is 22.6 Å². The largest absolute Gasteiger partial charge is 0.366 e. The highest BCUT2D eigenvalue weighted by molar-refractivity contribution is 6.04. The van der Waals surface area contributed by atoms with Crippen molar-refractivity contribution in [1.29, 1.82) is 5.26 Å². The van der Waals surface area contributed by atoms with Crippen LogP contribution in [0.4, 0.5) is 17.2 Å². The minimum Gasteiger partial charge on any atom is -0.366 e. The van der Waals surface area contributed by atoms with Gasteiger partial charge in [-0.3, -0.25) is 9.48 Å². The Morgan fingerprint density at radius 3 is 2.74 bits per heavy atom. The number of nitriles is 1. The molecule has 0 saturated carbocycles. The van der Waals surface area contributed by atoms with Gasteiger partial charge < -0.3 is 15.5 Å². The fourth-order valence-corrected chi connectivity index (χ4v) is 3.84. The number of rotatable bonds is 6. The van der Waals surface area contributed by atoms with Crippen LogP contribution in [0.3, 0.4) is 0 Å². The number of benzene rings is 1. The molecule has 0 fully saturated rings. The van der Waals surface area contributed by atoms with E-state index in [9.17, 15) is 4.79 Å². The summed E-state index contributed by atoms with van der Waals surface area (Å²) in [5.74, 6) is 0.770. The van der Waals surface area contributed by atoms with Crippen molar-refractivity contribution in [1.82, 2.24) is 14.8 Å². The summed E-state index contributed by atoms with van der Waals surface area (Å²) in [4.78, 5) is 18.9. The fourth-order valence-electron chi connectivity index (χ4n) is 3.84. The van der Waals surface area contributed by atoms with Gasteiger partial charge in [-0.1, -0.05) is 19.1 Å². The molecule has 0 unspecified atom stereocenters. The number of carbonyl (C=O) groups is 1. The van der Waals surface area contributed by atoms with Crippen LogP contribution < -0.4 is 15.5 Å². The Balaban J connectivity index is 1.44. The van der Waals surface area contributed by atoms with Crippen LogP contribution >= 0.6 is 0 Å². The minimum absolute atomic E-state index is 0.0118. The summed E-state index contributed by atoms with van der Waals surface area (Å²) in [6.07, 6.45) is 4.57. The number of hydrogen-bond acceptors (Lipinski definition) is 6. The molecular formula is C23H25N7O. The molecule has 0 spiro atoms. The first-order valence-corrected chi connectivity index (χ1v) is 10.3. The van der Waals surface area contributed by atoms with E-state index in [0.29, 0.717) is 18.7 Å². The SMILES string of the molecule is CC[C@H]1C(=O)Nc2c(cc(NCc3cnn(Cc4ccc(C#N)cc4)c3)nc2C)N1C. The molecule has 8 heteroatoms. The first-order chi connectivity index (χ1) is 15.0. The Morgan fingerprint density at radius 2 is 2.03 bits per heavy atom. The Hall–Kier alpha value is -3.86. The molecule has 3 heterocycles. The number of nitrogens with zero attached hydrogens (tertiary/aromatic N) is 5. The summed E-state index contributed by atoms with van der Waals surface area (Å²) in [5.41, 5.74) is 5.31. The number of anilines is 3. The Labute approximate surface area is 181 Å². The van der Waals surface area contributed by atoms with E-state index < -0.39 is 0 Å². The maximum absolute atomic E-state index is 12.3. The monoisotopic (exact) mass is 415 g/mol. The number of amides is 1. The minimum atomic E-state index is -0.178. The molecule has 0 radical (unpaired) electrons. The van der Waals surface area contributed by atoms with Gasteiger partial charge in [-0.25, -0.2) is 4.98 Å². The summed E-state index contributed by atoms with van der Waals surface area (Å²) in [7, 11) is 1.95. The first-order valence-electron chi connectivity index (χ1n) is 10.3. The molecule has 0 aliphatic carbocycles. The highest BCUT2D eigenvalue weighted by atomic mass is 16.2. The Morgan fingerprint density at radius 1 is 1.26 bits per heavy atom. The molecule has 1 aliphatic heterocycles. The second-order valence-electron chi connectivity index (χ2n) is 7.72. The van der Waals surface area contributed by atoms with Gasteiger partial charge in [0.25, 0.3) is 0 Å². The highest BCUT2D eigenvalue weighted by Gasteiger charge is 2.30. The smallest absolute Gasteiger partial charge is 0.247 e. The maximum Gasteiger partial charge on any atom is 0.247 e. The van der Waals surface area contributed by atoms with Gasteiger partial charge in [0, 0.05) is 31.4 Å². The first kappa shape index (κ1) is 20.4. The van der Waals surface area contributed by atoms with E-state index in [1.807, 2.05) is 73.2 Å². The molecule has 1 aromatic carbocycles. The van der Waals surface area contributed by atoms with E-state index in [2.05, 4.69) is 26.8 Å². The molecule has 1 atom stereocenters. The van der Waals surface area contributed by atoms with E-state index in [-0.39, 0.29) is 11.9 Å². The van der Waals surface area contributed by atoms with Crippen molar-refractivity contribution >= 4 is 23.1 Å². The highest BCUT2D eigenvalue weighted by Crippen LogP contribution is 2.35. The molecule has 3 aromatic rings. The Bertz CT molecular complexity index is 1140. The Kier molecular flexibility index (Phi) is 5.58. The van der Waals surface area contributed by atoms with Crippen molar-refractivity contribution in [3.05, 3.63) is 65.1 Å². The molecule has 8 nitrogen and oxygen atoms in total. The molecule has 0 bridgehead atoms. The van der Waals surface area contributed by atoms with Crippen molar-refractivity contribution in [3.63, 3.8) is 0 Å². The lowest BCUT2D eigenvalue weighted by Crippen LogP contribution is -2.45. The van der Waals surface area contributed by atoms with Crippen LogP contribution in [0.15, 0.2) is 42.7 Å². The molecular weight excluding hydrogens is 390 g/mol. The predicted octanol–water partition coefficient (Wildman–Crippen LogP) is 3.29. The van der Waals surface area contributed by atoms with Crippen molar-refractivity contribution in [3.8, 4) is 6.07 Å². The van der Waals surface area contributed by atoms with Crippen molar-refractivity contribution < 1.29 is 4.79 Å². The standard InChI is InChI=1S/C23H25N7O/c1-4-19-23(31)28-22-15(2)27-21(9-20(22)29(19)3)25-11-18-12-26-30(14-18)13-17-7-5-16(10-24)6-8-17/h5-9,12,14,19H,4,11,13H2,1-3H3,(H,25,27)(H,28,31)/t19-/m0/s1. The summed E-state index contributed by atoms with van der Waals surface area (Å²) >= 11 is 0. The third-order valence-corrected chi connectivity index (χ3v) is 5.55. The summed E-state index contributed by atoms with van der Waals surface area (Å²) in [6, 6.07) is 11.4. The molecule has 1 amide bonds. The molecule has 4 rings (SSSR count). The lowest BCUT2D eigenvalue weighted by Gasteiger charge is -2.35. The van der Waals surface area contributed by atoms with Crippen molar-refractivity contribution in [2.45, 2.75) is 39.4 Å². The zero-order valence-corrected chi connectivity index (χ0v) is 17.9.